The fourth-order valence-electron chi connectivity index (χ4n) is 3.06. The third-order valence-electron chi connectivity index (χ3n) is 4.89. The molecule has 2 aliphatic rings. The lowest BCUT2D eigenvalue weighted by Crippen LogP contribution is -2.62. The monoisotopic (exact) mass is 292 g/mol. The highest BCUT2D eigenvalue weighted by molar-refractivity contribution is 5.98. The summed E-state index contributed by atoms with van der Waals surface area (Å²) in [6.07, 6.45) is 3.29. The first-order chi connectivity index (χ1) is 9.95. The minimum Gasteiger partial charge on any atom is -0.395 e. The van der Waals surface area contributed by atoms with Crippen molar-refractivity contribution in [3.05, 3.63) is 11.4 Å². The molecule has 6 nitrogen and oxygen atoms in total. The molecular formula is C15H24N4O2. The largest absolute Gasteiger partial charge is 0.395 e. The molecule has 1 aromatic heterocycles. The van der Waals surface area contributed by atoms with Crippen molar-refractivity contribution in [2.75, 3.05) is 12.3 Å². The Bertz CT molecular complexity index is 548. The first-order valence-electron chi connectivity index (χ1n) is 7.71. The van der Waals surface area contributed by atoms with E-state index in [0.717, 1.165) is 25.0 Å². The fourth-order valence-corrected chi connectivity index (χ4v) is 3.06. The molecule has 2 unspecified atom stereocenters. The van der Waals surface area contributed by atoms with Gasteiger partial charge in [-0.2, -0.15) is 5.10 Å². The molecule has 3 rings (SSSR count). The first kappa shape index (κ1) is 14.4. The van der Waals surface area contributed by atoms with E-state index in [1.54, 1.807) is 0 Å². The van der Waals surface area contributed by atoms with E-state index in [9.17, 15) is 4.79 Å². The third kappa shape index (κ3) is 2.41. The van der Waals surface area contributed by atoms with Crippen LogP contribution in [-0.4, -0.2) is 34.9 Å². The minimum absolute atomic E-state index is 0.0595. The Morgan fingerprint density at radius 3 is 2.81 bits per heavy atom. The van der Waals surface area contributed by atoms with Gasteiger partial charge < -0.3 is 15.8 Å². The lowest BCUT2D eigenvalue weighted by molar-refractivity contribution is -0.111. The number of nitrogen functional groups attached to an aromatic ring is 1. The van der Waals surface area contributed by atoms with Crippen LogP contribution in [0.1, 0.15) is 62.1 Å². The van der Waals surface area contributed by atoms with Crippen LogP contribution in [0.4, 0.5) is 5.69 Å². The van der Waals surface area contributed by atoms with Crippen molar-refractivity contribution >= 4 is 11.6 Å². The predicted molar refractivity (Wildman–Crippen MR) is 80.0 cm³/mol. The number of hydrogen-bond donors (Lipinski definition) is 3. The van der Waals surface area contributed by atoms with Gasteiger partial charge in [-0.1, -0.05) is 13.8 Å². The van der Waals surface area contributed by atoms with Crippen LogP contribution in [0.2, 0.25) is 0 Å². The SMILES string of the molecule is CCOC1CC(NC(=O)c2n[nH]c(C3CC3)c2N)C1(C)C. The van der Waals surface area contributed by atoms with Crippen LogP contribution < -0.4 is 11.1 Å². The zero-order chi connectivity index (χ0) is 15.2. The second-order valence-corrected chi connectivity index (χ2v) is 6.70. The van der Waals surface area contributed by atoms with E-state index in [4.69, 9.17) is 10.5 Å². The number of rotatable bonds is 5. The van der Waals surface area contributed by atoms with Crippen molar-refractivity contribution in [2.45, 2.75) is 58.1 Å². The van der Waals surface area contributed by atoms with Crippen molar-refractivity contribution in [3.8, 4) is 0 Å². The molecule has 2 saturated carbocycles. The topological polar surface area (TPSA) is 93.0 Å². The number of nitrogens with two attached hydrogens (primary N) is 1. The Hall–Kier alpha value is -1.56. The molecule has 1 heterocycles. The van der Waals surface area contributed by atoms with E-state index in [0.29, 0.717) is 23.9 Å². The highest BCUT2D eigenvalue weighted by Crippen LogP contribution is 2.44. The summed E-state index contributed by atoms with van der Waals surface area (Å²) >= 11 is 0. The molecule has 0 radical (unpaired) electrons. The molecule has 0 aromatic carbocycles. The summed E-state index contributed by atoms with van der Waals surface area (Å²) in [5.41, 5.74) is 7.74. The molecule has 0 saturated heterocycles. The van der Waals surface area contributed by atoms with Crippen molar-refractivity contribution in [2.24, 2.45) is 5.41 Å². The van der Waals surface area contributed by atoms with Crippen LogP contribution in [0.25, 0.3) is 0 Å². The number of H-pyrrole nitrogens is 1. The predicted octanol–water partition coefficient (Wildman–Crippen LogP) is 1.80. The molecule has 0 bridgehead atoms. The standard InChI is InChI=1S/C15H24N4O2/c1-4-21-10-7-9(15(10,2)3)17-14(20)13-11(16)12(18-19-13)8-5-6-8/h8-10H,4-7,16H2,1-3H3,(H,17,20)(H,18,19). The van der Waals surface area contributed by atoms with Crippen molar-refractivity contribution in [3.63, 3.8) is 0 Å². The molecule has 0 spiro atoms. The Labute approximate surface area is 124 Å². The number of aromatic amines is 1. The number of nitrogens with one attached hydrogen (secondary N) is 2. The van der Waals surface area contributed by atoms with Crippen LogP contribution in [0.15, 0.2) is 0 Å². The number of nitrogens with zero attached hydrogens (tertiary/aromatic N) is 1. The average molecular weight is 292 g/mol. The molecule has 4 N–H and O–H groups in total. The van der Waals surface area contributed by atoms with Crippen molar-refractivity contribution in [1.82, 2.24) is 15.5 Å². The molecule has 116 valence electrons. The van der Waals surface area contributed by atoms with Crippen LogP contribution in [0.5, 0.6) is 0 Å². The van der Waals surface area contributed by atoms with Gasteiger partial charge >= 0.3 is 0 Å². The van der Waals surface area contributed by atoms with Gasteiger partial charge in [0, 0.05) is 24.0 Å². The van der Waals surface area contributed by atoms with E-state index in [2.05, 4.69) is 29.4 Å². The second-order valence-electron chi connectivity index (χ2n) is 6.70. The molecule has 6 heteroatoms. The lowest BCUT2D eigenvalue weighted by atomic mass is 9.64. The van der Waals surface area contributed by atoms with Crippen LogP contribution in [-0.2, 0) is 4.74 Å². The highest BCUT2D eigenvalue weighted by Gasteiger charge is 2.49. The Kier molecular flexibility index (Phi) is 3.43. The molecule has 21 heavy (non-hydrogen) atoms. The number of amides is 1. The summed E-state index contributed by atoms with van der Waals surface area (Å²) < 4.78 is 5.68. The Balaban J connectivity index is 1.65. The van der Waals surface area contributed by atoms with Crippen molar-refractivity contribution in [1.29, 1.82) is 0 Å². The maximum atomic E-state index is 12.4. The highest BCUT2D eigenvalue weighted by atomic mass is 16.5. The van der Waals surface area contributed by atoms with Gasteiger partial charge in [0.2, 0.25) is 0 Å². The molecule has 1 aromatic rings. The Morgan fingerprint density at radius 1 is 1.52 bits per heavy atom. The van der Waals surface area contributed by atoms with Gasteiger partial charge in [-0.15, -0.1) is 0 Å². The summed E-state index contributed by atoms with van der Waals surface area (Å²) in [6, 6.07) is 0.0991. The number of aromatic nitrogens is 2. The smallest absolute Gasteiger partial charge is 0.274 e. The van der Waals surface area contributed by atoms with Crippen LogP contribution in [0, 0.1) is 5.41 Å². The summed E-state index contributed by atoms with van der Waals surface area (Å²) in [7, 11) is 0. The average Bonchev–Trinajstić information content (AvgIpc) is 3.20. The van der Waals surface area contributed by atoms with E-state index in [1.165, 1.54) is 0 Å². The first-order valence-corrected chi connectivity index (χ1v) is 7.71. The van der Waals surface area contributed by atoms with Gasteiger partial charge in [0.1, 0.15) is 0 Å². The summed E-state index contributed by atoms with van der Waals surface area (Å²) in [5, 5.41) is 10.1. The summed E-state index contributed by atoms with van der Waals surface area (Å²) in [4.78, 5) is 12.4. The van der Waals surface area contributed by atoms with Crippen LogP contribution in [0.3, 0.4) is 0 Å². The summed E-state index contributed by atoms with van der Waals surface area (Å²) in [5.74, 6) is 0.269. The molecule has 2 atom stereocenters. The maximum Gasteiger partial charge on any atom is 0.274 e. The van der Waals surface area contributed by atoms with Gasteiger partial charge in [-0.25, -0.2) is 0 Å². The fraction of sp³-hybridized carbons (Fsp3) is 0.733. The maximum absolute atomic E-state index is 12.4. The number of anilines is 1. The quantitative estimate of drug-likeness (QED) is 0.771. The van der Waals surface area contributed by atoms with Gasteiger partial charge in [-0.05, 0) is 26.2 Å². The van der Waals surface area contributed by atoms with E-state index < -0.39 is 0 Å². The molecule has 1 amide bonds. The van der Waals surface area contributed by atoms with E-state index in [1.807, 2.05) is 6.92 Å². The molecule has 0 aliphatic heterocycles. The number of carbonyl (C=O) groups is 1. The van der Waals surface area contributed by atoms with E-state index in [-0.39, 0.29) is 23.5 Å². The van der Waals surface area contributed by atoms with Crippen LogP contribution >= 0.6 is 0 Å². The zero-order valence-electron chi connectivity index (χ0n) is 12.9. The van der Waals surface area contributed by atoms with E-state index >= 15 is 0 Å². The summed E-state index contributed by atoms with van der Waals surface area (Å²) in [6.45, 7) is 6.92. The molecule has 2 aliphatic carbocycles. The van der Waals surface area contributed by atoms with Crippen molar-refractivity contribution < 1.29 is 9.53 Å². The Morgan fingerprint density at radius 2 is 2.24 bits per heavy atom. The number of carbonyl (C=O) groups excluding carboxylic acids is 1. The normalized spacial score (nSPS) is 27.2. The zero-order valence-corrected chi connectivity index (χ0v) is 12.9. The number of ether oxygens (including phenoxy) is 1. The van der Waals surface area contributed by atoms with Gasteiger partial charge in [0.15, 0.2) is 5.69 Å². The molecular weight excluding hydrogens is 268 g/mol. The second kappa shape index (κ2) is 5.02. The van der Waals surface area contributed by atoms with Gasteiger partial charge in [0.25, 0.3) is 5.91 Å². The third-order valence-corrected chi connectivity index (χ3v) is 4.89. The lowest BCUT2D eigenvalue weighted by Gasteiger charge is -2.51. The molecule has 2 fully saturated rings. The van der Waals surface area contributed by atoms with Gasteiger partial charge in [-0.3, -0.25) is 9.89 Å². The minimum atomic E-state index is -0.191. The van der Waals surface area contributed by atoms with Gasteiger partial charge in [0.05, 0.1) is 17.5 Å². The number of hydrogen-bond acceptors (Lipinski definition) is 4.